The molecule has 3 aromatic carbocycles. The first-order valence-corrected chi connectivity index (χ1v) is 16.0. The molecule has 0 fully saturated rings. The van der Waals surface area contributed by atoms with E-state index in [4.69, 9.17) is 21.1 Å². The first kappa shape index (κ1) is 30.0. The maximum atomic E-state index is 12.3. The number of hydrogen-bond acceptors (Lipinski definition) is 7. The van der Waals surface area contributed by atoms with Crippen molar-refractivity contribution in [2.75, 3.05) is 19.1 Å². The minimum Gasteiger partial charge on any atom is -0.497 e. The third-order valence-corrected chi connectivity index (χ3v) is 9.30. The summed E-state index contributed by atoms with van der Waals surface area (Å²) in [7, 11) is -0.187. The second kappa shape index (κ2) is 12.2. The molecule has 226 valence electrons. The van der Waals surface area contributed by atoms with Crippen molar-refractivity contribution in [2.24, 2.45) is 0 Å². The fourth-order valence-electron chi connectivity index (χ4n) is 5.44. The summed E-state index contributed by atoms with van der Waals surface area (Å²) in [6.45, 7) is 2.93. The Morgan fingerprint density at radius 3 is 2.09 bits per heavy atom. The molecule has 0 atom stereocenters. The summed E-state index contributed by atoms with van der Waals surface area (Å²) in [6, 6.07) is 21.7. The van der Waals surface area contributed by atoms with Crippen LogP contribution in [0.15, 0.2) is 96.1 Å². The van der Waals surface area contributed by atoms with Crippen molar-refractivity contribution < 1.29 is 17.9 Å². The third-order valence-electron chi connectivity index (χ3n) is 7.82. The number of fused-ring (bicyclic) bond motifs is 1. The zero-order valence-electron chi connectivity index (χ0n) is 24.9. The minimum absolute atomic E-state index is 0.480. The Bertz CT molecular complexity index is 2080. The van der Waals surface area contributed by atoms with Crippen molar-refractivity contribution in [1.29, 1.82) is 5.26 Å². The molecule has 3 heterocycles. The Kier molecular flexibility index (Phi) is 8.11. The predicted molar refractivity (Wildman–Crippen MR) is 178 cm³/mol. The molecule has 0 saturated heterocycles. The van der Waals surface area contributed by atoms with Gasteiger partial charge in [0.15, 0.2) is 9.84 Å². The van der Waals surface area contributed by atoms with Crippen molar-refractivity contribution in [1.82, 2.24) is 9.55 Å². The SMILES string of the molecule is COc1ccc(CN(Cc2ccc(OC)cc2)c2cncc(-c3cn(C4=CS(=O)(=O)C=C4)c4cc(C)c(C#N)cc34)c2Cl)cc1. The van der Waals surface area contributed by atoms with Crippen LogP contribution in [0.1, 0.15) is 22.3 Å². The van der Waals surface area contributed by atoms with Gasteiger partial charge < -0.3 is 18.9 Å². The number of aryl methyl sites for hydroxylation is 1. The Morgan fingerprint density at radius 1 is 0.933 bits per heavy atom. The monoisotopic (exact) mass is 636 g/mol. The van der Waals surface area contributed by atoms with Gasteiger partial charge in [-0.2, -0.15) is 5.26 Å². The molecule has 1 aliphatic heterocycles. The van der Waals surface area contributed by atoms with Gasteiger partial charge in [-0.25, -0.2) is 8.42 Å². The third kappa shape index (κ3) is 6.03. The number of halogens is 1. The average molecular weight is 637 g/mol. The molecule has 45 heavy (non-hydrogen) atoms. The standard InChI is InChI=1S/C35H29ClN4O4S/c1-23-14-33-30(15-26(23)16-37)32(21-40(33)27-12-13-45(41,42)22-27)31-17-38-18-34(35(31)36)39(19-24-4-8-28(43-2)9-5-24)20-25-6-10-29(44-3)11-7-25/h4-15,17-18,21-22H,19-20H2,1-3H3. The lowest BCUT2D eigenvalue weighted by Crippen LogP contribution is -2.22. The quantitative estimate of drug-likeness (QED) is 0.165. The van der Waals surface area contributed by atoms with E-state index < -0.39 is 9.84 Å². The van der Waals surface area contributed by atoms with Crippen LogP contribution < -0.4 is 14.4 Å². The number of aromatic nitrogens is 2. The zero-order chi connectivity index (χ0) is 31.7. The van der Waals surface area contributed by atoms with E-state index in [9.17, 15) is 13.7 Å². The van der Waals surface area contributed by atoms with E-state index in [0.29, 0.717) is 34.9 Å². The van der Waals surface area contributed by atoms with Gasteiger partial charge in [0.25, 0.3) is 0 Å². The van der Waals surface area contributed by atoms with Gasteiger partial charge in [0.05, 0.1) is 59.4 Å². The van der Waals surface area contributed by atoms with Crippen molar-refractivity contribution in [3.05, 3.63) is 123 Å². The Hall–Kier alpha value is -5.04. The number of pyridine rings is 1. The molecule has 0 radical (unpaired) electrons. The number of allylic oxidation sites excluding steroid dienone is 2. The number of methoxy groups -OCH3 is 2. The number of nitrogens with zero attached hydrogens (tertiary/aromatic N) is 4. The summed E-state index contributed by atoms with van der Waals surface area (Å²) in [5, 5.41) is 13.5. The molecule has 0 bridgehead atoms. The zero-order valence-corrected chi connectivity index (χ0v) is 26.4. The molecule has 0 N–H and O–H groups in total. The van der Waals surface area contributed by atoms with Gasteiger partial charge in [-0.3, -0.25) is 4.98 Å². The lowest BCUT2D eigenvalue weighted by Gasteiger charge is -2.27. The molecule has 10 heteroatoms. The number of anilines is 1. The topological polar surface area (TPSA) is 97.4 Å². The average Bonchev–Trinajstić information content (AvgIpc) is 3.59. The highest BCUT2D eigenvalue weighted by Crippen LogP contribution is 2.42. The first-order chi connectivity index (χ1) is 21.7. The number of nitriles is 1. The van der Waals surface area contributed by atoms with Crippen molar-refractivity contribution in [3.63, 3.8) is 0 Å². The molecular weight excluding hydrogens is 608 g/mol. The molecule has 0 aliphatic carbocycles. The molecule has 1 aliphatic rings. The van der Waals surface area contributed by atoms with Gasteiger partial charge >= 0.3 is 0 Å². The smallest absolute Gasteiger partial charge is 0.195 e. The second-order valence-corrected chi connectivity index (χ2v) is 12.8. The highest BCUT2D eigenvalue weighted by atomic mass is 35.5. The van der Waals surface area contributed by atoms with Gasteiger partial charge in [-0.05, 0) is 66.1 Å². The van der Waals surface area contributed by atoms with E-state index in [0.717, 1.165) is 50.3 Å². The summed E-state index contributed by atoms with van der Waals surface area (Å²) in [6.07, 6.45) is 6.86. The molecular formula is C35H29ClN4O4S. The Morgan fingerprint density at radius 2 is 1.56 bits per heavy atom. The lowest BCUT2D eigenvalue weighted by molar-refractivity contribution is 0.414. The number of hydrogen-bond donors (Lipinski definition) is 0. The van der Waals surface area contributed by atoms with Gasteiger partial charge in [-0.15, -0.1) is 0 Å². The summed E-state index contributed by atoms with van der Waals surface area (Å²) >= 11 is 7.27. The maximum Gasteiger partial charge on any atom is 0.195 e. The van der Waals surface area contributed by atoms with Crippen molar-refractivity contribution in [3.8, 4) is 28.7 Å². The fourth-order valence-corrected chi connectivity index (χ4v) is 6.70. The van der Waals surface area contributed by atoms with E-state index in [1.807, 2.05) is 78.4 Å². The van der Waals surface area contributed by atoms with E-state index in [2.05, 4.69) is 16.0 Å². The van der Waals surface area contributed by atoms with Gasteiger partial charge in [-0.1, -0.05) is 35.9 Å². The molecule has 5 aromatic rings. The Labute approximate surface area is 266 Å². The van der Waals surface area contributed by atoms with Crippen LogP contribution >= 0.6 is 11.6 Å². The number of ether oxygens (including phenoxy) is 2. The second-order valence-electron chi connectivity index (χ2n) is 10.7. The van der Waals surface area contributed by atoms with Gasteiger partial charge in [0.2, 0.25) is 0 Å². The lowest BCUT2D eigenvalue weighted by atomic mass is 10.0. The van der Waals surface area contributed by atoms with Gasteiger partial charge in [0.1, 0.15) is 11.5 Å². The van der Waals surface area contributed by atoms with Crippen molar-refractivity contribution in [2.45, 2.75) is 20.0 Å². The molecule has 2 aromatic heterocycles. The highest BCUT2D eigenvalue weighted by molar-refractivity contribution is 7.97. The van der Waals surface area contributed by atoms with E-state index >= 15 is 0 Å². The Balaban J connectivity index is 1.49. The molecule has 8 nitrogen and oxygen atoms in total. The molecule has 0 unspecified atom stereocenters. The number of rotatable bonds is 9. The van der Waals surface area contributed by atoms with Gasteiger partial charge in [0, 0.05) is 47.4 Å². The minimum atomic E-state index is -3.46. The van der Waals surface area contributed by atoms with Crippen LogP contribution in [0.2, 0.25) is 5.02 Å². The molecule has 0 amide bonds. The normalized spacial score (nSPS) is 13.4. The van der Waals surface area contributed by atoms with Crippen LogP contribution in [0.4, 0.5) is 5.69 Å². The van der Waals surface area contributed by atoms with Crippen LogP contribution in [-0.2, 0) is 22.9 Å². The van der Waals surface area contributed by atoms with E-state index in [1.54, 1.807) is 32.7 Å². The van der Waals surface area contributed by atoms with Crippen LogP contribution in [0.5, 0.6) is 11.5 Å². The first-order valence-electron chi connectivity index (χ1n) is 14.1. The van der Waals surface area contributed by atoms with E-state index in [-0.39, 0.29) is 0 Å². The van der Waals surface area contributed by atoms with Crippen molar-refractivity contribution >= 4 is 43.7 Å². The van der Waals surface area contributed by atoms with Crippen LogP contribution in [0.25, 0.3) is 27.7 Å². The number of sulfone groups is 1. The van der Waals surface area contributed by atoms with E-state index in [1.165, 1.54) is 10.8 Å². The predicted octanol–water partition coefficient (Wildman–Crippen LogP) is 7.50. The molecule has 0 saturated carbocycles. The highest BCUT2D eigenvalue weighted by Gasteiger charge is 2.22. The fraction of sp³-hybridized carbons (Fsp3) is 0.143. The molecule has 6 rings (SSSR count). The summed E-state index contributed by atoms with van der Waals surface area (Å²) in [5.74, 6) is 1.54. The summed E-state index contributed by atoms with van der Waals surface area (Å²) in [5.41, 5.74) is 6.77. The number of benzene rings is 3. The summed E-state index contributed by atoms with van der Waals surface area (Å²) in [4.78, 5) is 6.77. The summed E-state index contributed by atoms with van der Waals surface area (Å²) < 4.78 is 37.1. The van der Waals surface area contributed by atoms with Crippen LogP contribution in [0, 0.1) is 18.3 Å². The van der Waals surface area contributed by atoms with Crippen LogP contribution in [-0.4, -0.2) is 32.2 Å². The molecule has 0 spiro atoms. The maximum absolute atomic E-state index is 12.3. The largest absolute Gasteiger partial charge is 0.497 e. The van der Waals surface area contributed by atoms with Crippen LogP contribution in [0.3, 0.4) is 0 Å².